The standard InChI is InChI=1S/C17H26N4O3/c1-11(2)14-10-20(9-13-7-18-17(24)19-16(13)23)6-5-15(22)21(14)8-12-3-4-12/h7,11-12,14H,3-6,8-10H2,1-2H3,(H2,18,19,23,24). The third-order valence-corrected chi connectivity index (χ3v) is 5.02. The van der Waals surface area contributed by atoms with E-state index < -0.39 is 5.69 Å². The predicted molar refractivity (Wildman–Crippen MR) is 90.6 cm³/mol. The summed E-state index contributed by atoms with van der Waals surface area (Å²) in [5.41, 5.74) is -0.323. The summed E-state index contributed by atoms with van der Waals surface area (Å²) in [4.78, 5) is 44.6. The molecule has 1 saturated heterocycles. The molecule has 0 bridgehead atoms. The van der Waals surface area contributed by atoms with E-state index in [1.807, 2.05) is 0 Å². The van der Waals surface area contributed by atoms with Crippen molar-refractivity contribution in [1.29, 1.82) is 0 Å². The maximum Gasteiger partial charge on any atom is 0.325 e. The molecule has 0 aromatic carbocycles. The van der Waals surface area contributed by atoms with Gasteiger partial charge in [-0.25, -0.2) is 4.79 Å². The van der Waals surface area contributed by atoms with E-state index in [1.54, 1.807) is 0 Å². The van der Waals surface area contributed by atoms with Gasteiger partial charge in [0.15, 0.2) is 0 Å². The molecule has 1 atom stereocenters. The van der Waals surface area contributed by atoms with Gasteiger partial charge in [0.1, 0.15) is 0 Å². The van der Waals surface area contributed by atoms with Gasteiger partial charge in [-0.05, 0) is 24.7 Å². The van der Waals surface area contributed by atoms with E-state index in [1.165, 1.54) is 19.0 Å². The minimum Gasteiger partial charge on any atom is -0.338 e. The summed E-state index contributed by atoms with van der Waals surface area (Å²) in [5.74, 6) is 1.25. The SMILES string of the molecule is CC(C)C1CN(Cc2c[nH]c(=O)[nH]c2=O)CCC(=O)N1CC1CC1. The highest BCUT2D eigenvalue weighted by Crippen LogP contribution is 2.32. The molecule has 132 valence electrons. The lowest BCUT2D eigenvalue weighted by Gasteiger charge is -2.34. The number of amides is 1. The summed E-state index contributed by atoms with van der Waals surface area (Å²) in [7, 11) is 0. The maximum absolute atomic E-state index is 12.6. The normalized spacial score (nSPS) is 22.9. The van der Waals surface area contributed by atoms with Crippen LogP contribution in [0.2, 0.25) is 0 Å². The molecule has 2 aliphatic rings. The highest BCUT2D eigenvalue weighted by Gasteiger charge is 2.35. The van der Waals surface area contributed by atoms with Crippen molar-refractivity contribution in [1.82, 2.24) is 19.8 Å². The van der Waals surface area contributed by atoms with Gasteiger partial charge in [-0.1, -0.05) is 13.8 Å². The third-order valence-electron chi connectivity index (χ3n) is 5.02. The second kappa shape index (κ2) is 6.93. The Labute approximate surface area is 141 Å². The molecule has 1 aromatic rings. The van der Waals surface area contributed by atoms with Crippen molar-refractivity contribution in [3.05, 3.63) is 32.6 Å². The minimum atomic E-state index is -0.495. The monoisotopic (exact) mass is 334 g/mol. The minimum absolute atomic E-state index is 0.169. The first-order valence-electron chi connectivity index (χ1n) is 8.76. The number of rotatable bonds is 5. The molecule has 3 rings (SSSR count). The van der Waals surface area contributed by atoms with Crippen LogP contribution in [0.25, 0.3) is 0 Å². The Kier molecular flexibility index (Phi) is 4.89. The number of aromatic nitrogens is 2. The smallest absolute Gasteiger partial charge is 0.325 e. The molecule has 0 radical (unpaired) electrons. The molecular weight excluding hydrogens is 308 g/mol. The molecule has 1 saturated carbocycles. The molecule has 7 nitrogen and oxygen atoms in total. The van der Waals surface area contributed by atoms with Crippen LogP contribution in [0, 0.1) is 11.8 Å². The van der Waals surface area contributed by atoms with Gasteiger partial charge < -0.3 is 9.88 Å². The average Bonchev–Trinajstić information content (AvgIpc) is 3.34. The van der Waals surface area contributed by atoms with Crippen molar-refractivity contribution in [3.63, 3.8) is 0 Å². The van der Waals surface area contributed by atoms with Gasteiger partial charge in [0.05, 0.1) is 0 Å². The number of carbonyl (C=O) groups is 1. The highest BCUT2D eigenvalue weighted by atomic mass is 16.2. The lowest BCUT2D eigenvalue weighted by Crippen LogP contribution is -2.47. The van der Waals surface area contributed by atoms with Crippen LogP contribution in [-0.2, 0) is 11.3 Å². The molecular formula is C17H26N4O3. The molecule has 7 heteroatoms. The number of H-pyrrole nitrogens is 2. The van der Waals surface area contributed by atoms with Gasteiger partial charge in [0, 0.05) is 50.4 Å². The number of hydrogen-bond acceptors (Lipinski definition) is 4. The van der Waals surface area contributed by atoms with E-state index >= 15 is 0 Å². The van der Waals surface area contributed by atoms with Gasteiger partial charge in [0.25, 0.3) is 5.56 Å². The van der Waals surface area contributed by atoms with Crippen molar-refractivity contribution >= 4 is 5.91 Å². The van der Waals surface area contributed by atoms with E-state index in [4.69, 9.17) is 0 Å². The van der Waals surface area contributed by atoms with Crippen LogP contribution in [0.5, 0.6) is 0 Å². The zero-order valence-electron chi connectivity index (χ0n) is 14.4. The first-order valence-corrected chi connectivity index (χ1v) is 8.76. The number of aromatic amines is 2. The first kappa shape index (κ1) is 17.0. The molecule has 1 unspecified atom stereocenters. The summed E-state index contributed by atoms with van der Waals surface area (Å²) in [6, 6.07) is 0.169. The summed E-state index contributed by atoms with van der Waals surface area (Å²) in [5, 5.41) is 0. The fourth-order valence-electron chi connectivity index (χ4n) is 3.36. The van der Waals surface area contributed by atoms with E-state index in [2.05, 4.69) is 33.6 Å². The van der Waals surface area contributed by atoms with Crippen LogP contribution >= 0.6 is 0 Å². The highest BCUT2D eigenvalue weighted by molar-refractivity contribution is 5.77. The Balaban J connectivity index is 1.76. The lowest BCUT2D eigenvalue weighted by molar-refractivity contribution is -0.133. The van der Waals surface area contributed by atoms with Crippen molar-refractivity contribution in [3.8, 4) is 0 Å². The summed E-state index contributed by atoms with van der Waals surface area (Å²) in [6.07, 6.45) is 4.41. The Morgan fingerprint density at radius 3 is 2.62 bits per heavy atom. The molecule has 24 heavy (non-hydrogen) atoms. The second-order valence-corrected chi connectivity index (χ2v) is 7.38. The molecule has 1 amide bonds. The van der Waals surface area contributed by atoms with Crippen LogP contribution in [0.15, 0.2) is 15.8 Å². The van der Waals surface area contributed by atoms with Crippen LogP contribution in [0.3, 0.4) is 0 Å². The van der Waals surface area contributed by atoms with Gasteiger partial charge in [-0.3, -0.25) is 19.5 Å². The Morgan fingerprint density at radius 2 is 2.00 bits per heavy atom. The third kappa shape index (κ3) is 3.95. The maximum atomic E-state index is 12.6. The topological polar surface area (TPSA) is 89.3 Å². The van der Waals surface area contributed by atoms with Crippen LogP contribution in [0.4, 0.5) is 0 Å². The number of nitrogens with one attached hydrogen (secondary N) is 2. The van der Waals surface area contributed by atoms with Gasteiger partial charge in [0.2, 0.25) is 5.91 Å². The fourth-order valence-corrected chi connectivity index (χ4v) is 3.36. The van der Waals surface area contributed by atoms with E-state index in [0.717, 1.165) is 13.1 Å². The zero-order valence-corrected chi connectivity index (χ0v) is 14.4. The average molecular weight is 334 g/mol. The van der Waals surface area contributed by atoms with Crippen LogP contribution < -0.4 is 11.2 Å². The Morgan fingerprint density at radius 1 is 1.25 bits per heavy atom. The molecule has 1 aromatic heterocycles. The first-order chi connectivity index (χ1) is 11.4. The summed E-state index contributed by atoms with van der Waals surface area (Å²) >= 11 is 0. The number of carbonyl (C=O) groups excluding carboxylic acids is 1. The molecule has 2 heterocycles. The zero-order chi connectivity index (χ0) is 17.3. The lowest BCUT2D eigenvalue weighted by atomic mass is 10.0. The van der Waals surface area contributed by atoms with Crippen molar-refractivity contribution < 1.29 is 4.79 Å². The van der Waals surface area contributed by atoms with Gasteiger partial charge in [-0.2, -0.15) is 0 Å². The van der Waals surface area contributed by atoms with Crippen LogP contribution in [0.1, 0.15) is 38.7 Å². The van der Waals surface area contributed by atoms with Crippen molar-refractivity contribution in [2.24, 2.45) is 11.8 Å². The van der Waals surface area contributed by atoms with Crippen LogP contribution in [-0.4, -0.2) is 51.4 Å². The van der Waals surface area contributed by atoms with Crippen molar-refractivity contribution in [2.75, 3.05) is 19.6 Å². The predicted octanol–water partition coefficient (Wildman–Crippen LogP) is 0.532. The Hall–Kier alpha value is -1.89. The van der Waals surface area contributed by atoms with E-state index in [-0.39, 0.29) is 17.5 Å². The summed E-state index contributed by atoms with van der Waals surface area (Å²) in [6.45, 7) is 7.01. The summed E-state index contributed by atoms with van der Waals surface area (Å²) < 4.78 is 0. The second-order valence-electron chi connectivity index (χ2n) is 7.38. The van der Waals surface area contributed by atoms with E-state index in [0.29, 0.717) is 36.9 Å². The quantitative estimate of drug-likeness (QED) is 0.822. The molecule has 1 aliphatic carbocycles. The van der Waals surface area contributed by atoms with Gasteiger partial charge >= 0.3 is 5.69 Å². The molecule has 2 N–H and O–H groups in total. The number of hydrogen-bond donors (Lipinski definition) is 2. The Bertz CT molecular complexity index is 704. The van der Waals surface area contributed by atoms with Crippen molar-refractivity contribution in [2.45, 2.75) is 45.7 Å². The number of nitrogens with zero attached hydrogens (tertiary/aromatic N) is 2. The largest absolute Gasteiger partial charge is 0.338 e. The molecule has 1 aliphatic heterocycles. The molecule has 0 spiro atoms. The fraction of sp³-hybridized carbons (Fsp3) is 0.706. The molecule has 2 fully saturated rings. The van der Waals surface area contributed by atoms with E-state index in [9.17, 15) is 14.4 Å². The van der Waals surface area contributed by atoms with Gasteiger partial charge in [-0.15, -0.1) is 0 Å².